The van der Waals surface area contributed by atoms with Crippen LogP contribution >= 0.6 is 0 Å². The van der Waals surface area contributed by atoms with Crippen LogP contribution < -0.4 is 5.73 Å². The summed E-state index contributed by atoms with van der Waals surface area (Å²) in [5, 5.41) is 0. The van der Waals surface area contributed by atoms with E-state index in [-0.39, 0.29) is 5.97 Å². The number of nitrogens with two attached hydrogens (primary N) is 1. The van der Waals surface area contributed by atoms with Crippen LogP contribution in [-0.4, -0.2) is 32.3 Å². The normalized spacial score (nSPS) is 19.9. The topological polar surface area (TPSA) is 61.5 Å². The Balaban J connectivity index is 2.24. The Kier molecular flexibility index (Phi) is 5.65. The van der Waals surface area contributed by atoms with Gasteiger partial charge >= 0.3 is 5.97 Å². The van der Waals surface area contributed by atoms with Crippen molar-refractivity contribution in [2.24, 2.45) is 11.7 Å². The van der Waals surface area contributed by atoms with Gasteiger partial charge in [0.1, 0.15) is 12.6 Å². The Morgan fingerprint density at radius 2 is 2.00 bits per heavy atom. The second-order valence-electron chi connectivity index (χ2n) is 4.08. The molecule has 1 fully saturated rings. The molecule has 1 atom stereocenters. The Bertz CT molecular complexity index is 190. The molecule has 0 aromatic carbocycles. The highest BCUT2D eigenvalue weighted by Gasteiger charge is 2.27. The third kappa shape index (κ3) is 4.18. The molecule has 1 aliphatic carbocycles. The molecule has 88 valence electrons. The second kappa shape index (κ2) is 6.80. The first-order valence-electron chi connectivity index (χ1n) is 5.67. The Hall–Kier alpha value is -0.610. The fraction of sp³-hybridized carbons (Fsp3) is 0.909. The number of esters is 1. The molecule has 0 amide bonds. The maximum atomic E-state index is 11.5. The average Bonchev–Trinajstić information content (AvgIpc) is 2.29. The predicted molar refractivity (Wildman–Crippen MR) is 57.4 cm³/mol. The summed E-state index contributed by atoms with van der Waals surface area (Å²) in [7, 11) is 1.58. The summed E-state index contributed by atoms with van der Waals surface area (Å²) in [6.45, 7) is 0.735. The van der Waals surface area contributed by atoms with Gasteiger partial charge in [0.15, 0.2) is 0 Å². The minimum absolute atomic E-state index is 0.279. The highest BCUT2D eigenvalue weighted by molar-refractivity contribution is 5.75. The Morgan fingerprint density at radius 3 is 2.60 bits per heavy atom. The van der Waals surface area contributed by atoms with Gasteiger partial charge in [-0.1, -0.05) is 19.3 Å². The van der Waals surface area contributed by atoms with Gasteiger partial charge in [-0.15, -0.1) is 0 Å². The van der Waals surface area contributed by atoms with Crippen molar-refractivity contribution in [1.29, 1.82) is 0 Å². The van der Waals surface area contributed by atoms with Gasteiger partial charge in [-0.25, -0.2) is 0 Å². The van der Waals surface area contributed by atoms with E-state index in [1.165, 1.54) is 19.3 Å². The SMILES string of the molecule is COCCOC(=O)C(N)C1CCCCC1. The van der Waals surface area contributed by atoms with Gasteiger partial charge in [0.25, 0.3) is 0 Å². The van der Waals surface area contributed by atoms with Gasteiger partial charge in [0, 0.05) is 7.11 Å². The van der Waals surface area contributed by atoms with Crippen LogP contribution in [0.3, 0.4) is 0 Å². The van der Waals surface area contributed by atoms with Crippen LogP contribution in [0.15, 0.2) is 0 Å². The van der Waals surface area contributed by atoms with Gasteiger partial charge in [-0.2, -0.15) is 0 Å². The van der Waals surface area contributed by atoms with E-state index < -0.39 is 6.04 Å². The van der Waals surface area contributed by atoms with E-state index in [1.807, 2.05) is 0 Å². The largest absolute Gasteiger partial charge is 0.462 e. The summed E-state index contributed by atoms with van der Waals surface area (Å²) in [6.07, 6.45) is 5.75. The molecule has 1 aliphatic rings. The molecule has 0 spiro atoms. The van der Waals surface area contributed by atoms with E-state index in [0.29, 0.717) is 19.1 Å². The summed E-state index contributed by atoms with van der Waals surface area (Å²) in [6, 6.07) is -0.442. The van der Waals surface area contributed by atoms with Crippen LogP contribution in [0, 0.1) is 5.92 Å². The number of ether oxygens (including phenoxy) is 2. The van der Waals surface area contributed by atoms with Crippen molar-refractivity contribution >= 4 is 5.97 Å². The minimum atomic E-state index is -0.442. The highest BCUT2D eigenvalue weighted by atomic mass is 16.6. The van der Waals surface area contributed by atoms with E-state index >= 15 is 0 Å². The molecule has 4 heteroatoms. The van der Waals surface area contributed by atoms with Gasteiger partial charge in [-0.05, 0) is 18.8 Å². The molecular formula is C11H21NO3. The van der Waals surface area contributed by atoms with Gasteiger partial charge < -0.3 is 15.2 Å². The molecular weight excluding hydrogens is 194 g/mol. The lowest BCUT2D eigenvalue weighted by Crippen LogP contribution is -2.40. The zero-order valence-corrected chi connectivity index (χ0v) is 9.41. The third-order valence-corrected chi connectivity index (χ3v) is 2.96. The maximum absolute atomic E-state index is 11.5. The van der Waals surface area contributed by atoms with Gasteiger partial charge in [0.2, 0.25) is 0 Å². The number of carbonyl (C=O) groups is 1. The van der Waals surface area contributed by atoms with E-state index in [4.69, 9.17) is 15.2 Å². The quantitative estimate of drug-likeness (QED) is 0.550. The van der Waals surface area contributed by atoms with E-state index in [0.717, 1.165) is 12.8 Å². The lowest BCUT2D eigenvalue weighted by atomic mass is 9.84. The summed E-state index contributed by atoms with van der Waals surface area (Å²) in [5.41, 5.74) is 5.86. The van der Waals surface area contributed by atoms with E-state index in [9.17, 15) is 4.79 Å². The molecule has 0 aromatic rings. The molecule has 4 nitrogen and oxygen atoms in total. The summed E-state index contributed by atoms with van der Waals surface area (Å²) >= 11 is 0. The molecule has 0 saturated heterocycles. The molecule has 0 radical (unpaired) electrons. The molecule has 1 rings (SSSR count). The number of methoxy groups -OCH3 is 1. The molecule has 0 heterocycles. The van der Waals surface area contributed by atoms with E-state index in [1.54, 1.807) is 7.11 Å². The van der Waals surface area contributed by atoms with Gasteiger partial charge in [-0.3, -0.25) is 4.79 Å². The smallest absolute Gasteiger partial charge is 0.323 e. The molecule has 1 unspecified atom stereocenters. The maximum Gasteiger partial charge on any atom is 0.323 e. The number of carbonyl (C=O) groups excluding carboxylic acids is 1. The molecule has 0 aromatic heterocycles. The summed E-state index contributed by atoms with van der Waals surface area (Å²) in [4.78, 5) is 11.5. The summed E-state index contributed by atoms with van der Waals surface area (Å²) < 4.78 is 9.81. The van der Waals surface area contributed by atoms with Crippen LogP contribution in [0.4, 0.5) is 0 Å². The minimum Gasteiger partial charge on any atom is -0.462 e. The third-order valence-electron chi connectivity index (χ3n) is 2.96. The monoisotopic (exact) mass is 215 g/mol. The van der Waals surface area contributed by atoms with Crippen molar-refractivity contribution < 1.29 is 14.3 Å². The van der Waals surface area contributed by atoms with Crippen LogP contribution in [-0.2, 0) is 14.3 Å². The second-order valence-corrected chi connectivity index (χ2v) is 4.08. The Labute approximate surface area is 91.1 Å². The zero-order chi connectivity index (χ0) is 11.1. The lowest BCUT2D eigenvalue weighted by molar-refractivity contribution is -0.148. The first-order valence-corrected chi connectivity index (χ1v) is 5.67. The van der Waals surface area contributed by atoms with Gasteiger partial charge in [0.05, 0.1) is 6.61 Å². The number of hydrogen-bond acceptors (Lipinski definition) is 4. The van der Waals surface area contributed by atoms with E-state index in [2.05, 4.69) is 0 Å². The van der Waals surface area contributed by atoms with Crippen molar-refractivity contribution in [3.8, 4) is 0 Å². The molecule has 2 N–H and O–H groups in total. The van der Waals surface area contributed by atoms with Crippen molar-refractivity contribution in [1.82, 2.24) is 0 Å². The summed E-state index contributed by atoms with van der Waals surface area (Å²) in [5.74, 6) is 0.0349. The van der Waals surface area contributed by atoms with Crippen molar-refractivity contribution in [3.63, 3.8) is 0 Å². The van der Waals surface area contributed by atoms with Crippen molar-refractivity contribution in [2.45, 2.75) is 38.1 Å². The predicted octanol–water partition coefficient (Wildman–Crippen LogP) is 1.08. The molecule has 1 saturated carbocycles. The van der Waals surface area contributed by atoms with Crippen LogP contribution in [0.2, 0.25) is 0 Å². The van der Waals surface area contributed by atoms with Crippen LogP contribution in [0.25, 0.3) is 0 Å². The standard InChI is InChI=1S/C11H21NO3/c1-14-7-8-15-11(13)10(12)9-5-3-2-4-6-9/h9-10H,2-8,12H2,1H3. The highest BCUT2D eigenvalue weighted by Crippen LogP contribution is 2.25. The van der Waals surface area contributed by atoms with Crippen LogP contribution in [0.5, 0.6) is 0 Å². The number of rotatable bonds is 5. The first-order chi connectivity index (χ1) is 7.25. The zero-order valence-electron chi connectivity index (χ0n) is 9.41. The number of hydrogen-bond donors (Lipinski definition) is 1. The van der Waals surface area contributed by atoms with Crippen LogP contribution in [0.1, 0.15) is 32.1 Å². The average molecular weight is 215 g/mol. The van der Waals surface area contributed by atoms with Crippen molar-refractivity contribution in [3.05, 3.63) is 0 Å². The molecule has 15 heavy (non-hydrogen) atoms. The fourth-order valence-electron chi connectivity index (χ4n) is 2.01. The lowest BCUT2D eigenvalue weighted by Gasteiger charge is -2.25. The fourth-order valence-corrected chi connectivity index (χ4v) is 2.01. The molecule has 0 aliphatic heterocycles. The first kappa shape index (κ1) is 12.5. The Morgan fingerprint density at radius 1 is 1.33 bits per heavy atom. The van der Waals surface area contributed by atoms with Crippen molar-refractivity contribution in [2.75, 3.05) is 20.3 Å². The molecule has 0 bridgehead atoms.